The smallest absolute Gasteiger partial charge is 0.244 e. The molecule has 0 radical (unpaired) electrons. The molecule has 2 aromatic heterocycles. The number of carbonyl (C=O) groups is 1. The zero-order chi connectivity index (χ0) is 18.8. The Morgan fingerprint density at radius 3 is 2.52 bits per heavy atom. The third-order valence-corrected chi connectivity index (χ3v) is 4.64. The molecule has 1 fully saturated rings. The third kappa shape index (κ3) is 3.88. The van der Waals surface area contributed by atoms with Crippen LogP contribution in [0.25, 0.3) is 11.3 Å². The molecule has 0 bridgehead atoms. The highest BCUT2D eigenvalue weighted by molar-refractivity contribution is 5.77. The highest BCUT2D eigenvalue weighted by atomic mass is 19.1. The van der Waals surface area contributed by atoms with Crippen LogP contribution in [0.3, 0.4) is 0 Å². The number of hydrogen-bond donors (Lipinski definition) is 1. The molecule has 1 saturated heterocycles. The minimum Gasteiger partial charge on any atom is -0.389 e. The maximum atomic E-state index is 13.2. The first-order valence-electron chi connectivity index (χ1n) is 8.76. The van der Waals surface area contributed by atoms with Gasteiger partial charge in [0.1, 0.15) is 12.4 Å². The number of halogens is 1. The summed E-state index contributed by atoms with van der Waals surface area (Å²) < 4.78 is 14.9. The second kappa shape index (κ2) is 7.28. The van der Waals surface area contributed by atoms with Gasteiger partial charge in [-0.1, -0.05) is 12.1 Å². The summed E-state index contributed by atoms with van der Waals surface area (Å²) in [6.45, 7) is 0.837. The van der Waals surface area contributed by atoms with Crippen molar-refractivity contribution in [2.45, 2.75) is 19.1 Å². The zero-order valence-corrected chi connectivity index (χ0v) is 14.6. The molecule has 27 heavy (non-hydrogen) atoms. The van der Waals surface area contributed by atoms with Gasteiger partial charge < -0.3 is 10.0 Å². The molecule has 1 N–H and O–H groups in total. The minimum atomic E-state index is -0.433. The molecule has 7 heteroatoms. The van der Waals surface area contributed by atoms with Crippen LogP contribution in [0.1, 0.15) is 11.3 Å². The van der Waals surface area contributed by atoms with Crippen LogP contribution in [0.2, 0.25) is 0 Å². The Labute approximate surface area is 155 Å². The van der Waals surface area contributed by atoms with E-state index in [4.69, 9.17) is 0 Å². The Morgan fingerprint density at radius 1 is 1.15 bits per heavy atom. The standard InChI is InChI=1S/C20H19FN4O2/c21-16-3-1-14(2-4-16)9-17-10-19(15-5-7-22-8-6-15)23-25(17)13-20(27)24-11-18(26)12-24/h1-8,10,18,26H,9,11-13H2. The predicted molar refractivity (Wildman–Crippen MR) is 97.3 cm³/mol. The van der Waals surface area contributed by atoms with Crippen molar-refractivity contribution in [2.75, 3.05) is 13.1 Å². The zero-order valence-electron chi connectivity index (χ0n) is 14.6. The van der Waals surface area contributed by atoms with E-state index < -0.39 is 6.10 Å². The molecule has 3 heterocycles. The lowest BCUT2D eigenvalue weighted by Gasteiger charge is -2.35. The van der Waals surface area contributed by atoms with Crippen LogP contribution < -0.4 is 0 Å². The molecule has 0 aliphatic carbocycles. The average Bonchev–Trinajstić information content (AvgIpc) is 3.04. The summed E-state index contributed by atoms with van der Waals surface area (Å²) in [5.74, 6) is -0.360. The van der Waals surface area contributed by atoms with Gasteiger partial charge in [0.25, 0.3) is 0 Å². The molecule has 138 valence electrons. The van der Waals surface area contributed by atoms with Crippen molar-refractivity contribution in [3.8, 4) is 11.3 Å². The van der Waals surface area contributed by atoms with E-state index >= 15 is 0 Å². The number of nitrogens with zero attached hydrogens (tertiary/aromatic N) is 4. The number of carbonyl (C=O) groups excluding carboxylic acids is 1. The summed E-state index contributed by atoms with van der Waals surface area (Å²) >= 11 is 0. The Kier molecular flexibility index (Phi) is 4.68. The maximum Gasteiger partial charge on any atom is 0.244 e. The van der Waals surface area contributed by atoms with Gasteiger partial charge in [-0.15, -0.1) is 0 Å². The first-order chi connectivity index (χ1) is 13.1. The molecule has 0 spiro atoms. The molecule has 4 rings (SSSR count). The second-order valence-electron chi connectivity index (χ2n) is 6.67. The molecule has 1 amide bonds. The fourth-order valence-electron chi connectivity index (χ4n) is 3.10. The van der Waals surface area contributed by atoms with Gasteiger partial charge in [-0.25, -0.2) is 4.39 Å². The molecule has 1 aromatic carbocycles. The fourth-order valence-corrected chi connectivity index (χ4v) is 3.10. The number of pyridine rings is 1. The van der Waals surface area contributed by atoms with Gasteiger partial charge in [0.05, 0.1) is 11.8 Å². The van der Waals surface area contributed by atoms with Crippen molar-refractivity contribution in [1.29, 1.82) is 0 Å². The molecule has 0 unspecified atom stereocenters. The van der Waals surface area contributed by atoms with E-state index in [0.717, 1.165) is 22.5 Å². The number of rotatable bonds is 5. The Balaban J connectivity index is 1.61. The van der Waals surface area contributed by atoms with Crippen LogP contribution >= 0.6 is 0 Å². The van der Waals surface area contributed by atoms with Gasteiger partial charge in [-0.3, -0.25) is 14.5 Å². The van der Waals surface area contributed by atoms with Gasteiger partial charge in [0.2, 0.25) is 5.91 Å². The van der Waals surface area contributed by atoms with Gasteiger partial charge in [-0.2, -0.15) is 5.10 Å². The highest BCUT2D eigenvalue weighted by Crippen LogP contribution is 2.21. The predicted octanol–water partition coefficient (Wildman–Crippen LogP) is 1.88. The summed E-state index contributed by atoms with van der Waals surface area (Å²) in [4.78, 5) is 18.1. The molecule has 1 aliphatic heterocycles. The van der Waals surface area contributed by atoms with Crippen LogP contribution in [-0.4, -0.2) is 49.9 Å². The van der Waals surface area contributed by atoms with Crippen LogP contribution in [0, 0.1) is 5.82 Å². The molecular weight excluding hydrogens is 347 g/mol. The average molecular weight is 366 g/mol. The highest BCUT2D eigenvalue weighted by Gasteiger charge is 2.29. The van der Waals surface area contributed by atoms with E-state index in [1.165, 1.54) is 12.1 Å². The number of aliphatic hydroxyl groups is 1. The van der Waals surface area contributed by atoms with Crippen LogP contribution in [0.5, 0.6) is 0 Å². The van der Waals surface area contributed by atoms with Crippen molar-refractivity contribution in [2.24, 2.45) is 0 Å². The van der Waals surface area contributed by atoms with Crippen LogP contribution in [0.15, 0.2) is 54.9 Å². The summed E-state index contributed by atoms with van der Waals surface area (Å²) in [6, 6.07) is 12.0. The maximum absolute atomic E-state index is 13.2. The second-order valence-corrected chi connectivity index (χ2v) is 6.67. The van der Waals surface area contributed by atoms with Crippen LogP contribution in [-0.2, 0) is 17.8 Å². The number of β-amino-alcohol motifs (C(OH)–C–C–N with tert-alkyl or cyclic N) is 1. The first-order valence-corrected chi connectivity index (χ1v) is 8.76. The fraction of sp³-hybridized carbons (Fsp3) is 0.250. The number of benzene rings is 1. The Hall–Kier alpha value is -3.06. The summed E-state index contributed by atoms with van der Waals surface area (Å²) in [7, 11) is 0. The number of aromatic nitrogens is 3. The van der Waals surface area contributed by atoms with E-state index in [1.807, 2.05) is 18.2 Å². The van der Waals surface area contributed by atoms with Crippen molar-refractivity contribution in [1.82, 2.24) is 19.7 Å². The monoisotopic (exact) mass is 366 g/mol. The van der Waals surface area contributed by atoms with E-state index in [1.54, 1.807) is 34.1 Å². The van der Waals surface area contributed by atoms with Gasteiger partial charge in [0, 0.05) is 43.2 Å². The molecule has 1 aliphatic rings. The lowest BCUT2D eigenvalue weighted by molar-refractivity contribution is -0.142. The molecular formula is C20H19FN4O2. The topological polar surface area (TPSA) is 71.2 Å². The molecule has 0 atom stereocenters. The van der Waals surface area contributed by atoms with E-state index in [9.17, 15) is 14.3 Å². The van der Waals surface area contributed by atoms with Gasteiger partial charge in [0.15, 0.2) is 0 Å². The first kappa shape index (κ1) is 17.4. The minimum absolute atomic E-state index is 0.0787. The van der Waals surface area contributed by atoms with E-state index in [-0.39, 0.29) is 18.3 Å². The SMILES string of the molecule is O=C(Cn1nc(-c2ccncc2)cc1Cc1ccc(F)cc1)N1CC(O)C1. The largest absolute Gasteiger partial charge is 0.389 e. The number of amides is 1. The quantitative estimate of drug-likeness (QED) is 0.748. The molecule has 6 nitrogen and oxygen atoms in total. The molecule has 0 saturated carbocycles. The normalized spacial score (nSPS) is 14.2. The summed E-state index contributed by atoms with van der Waals surface area (Å²) in [6.07, 6.45) is 3.49. The lowest BCUT2D eigenvalue weighted by Crippen LogP contribution is -2.54. The third-order valence-electron chi connectivity index (χ3n) is 4.64. The van der Waals surface area contributed by atoms with Crippen molar-refractivity contribution >= 4 is 5.91 Å². The van der Waals surface area contributed by atoms with E-state index in [2.05, 4.69) is 10.1 Å². The Morgan fingerprint density at radius 2 is 1.85 bits per heavy atom. The number of likely N-dealkylation sites (tertiary alicyclic amines) is 1. The van der Waals surface area contributed by atoms with E-state index in [0.29, 0.717) is 19.5 Å². The molecule has 3 aromatic rings. The summed E-state index contributed by atoms with van der Waals surface area (Å²) in [5.41, 5.74) is 3.47. The lowest BCUT2D eigenvalue weighted by atomic mass is 10.1. The van der Waals surface area contributed by atoms with Crippen molar-refractivity contribution in [3.63, 3.8) is 0 Å². The van der Waals surface area contributed by atoms with Crippen molar-refractivity contribution in [3.05, 3.63) is 71.9 Å². The Bertz CT molecular complexity index is 934. The van der Waals surface area contributed by atoms with Gasteiger partial charge in [-0.05, 0) is 35.9 Å². The van der Waals surface area contributed by atoms with Crippen LogP contribution in [0.4, 0.5) is 4.39 Å². The van der Waals surface area contributed by atoms with Gasteiger partial charge >= 0.3 is 0 Å². The number of aliphatic hydroxyl groups excluding tert-OH is 1. The summed E-state index contributed by atoms with van der Waals surface area (Å²) in [5, 5.41) is 14.0. The number of hydrogen-bond acceptors (Lipinski definition) is 4. The van der Waals surface area contributed by atoms with Crippen molar-refractivity contribution < 1.29 is 14.3 Å².